The molecular formula is C31H44N4O5. The zero-order valence-corrected chi connectivity index (χ0v) is 24.5. The number of aromatic amines is 1. The number of nitrogens with zero attached hydrogens (tertiary/aromatic N) is 1. The highest BCUT2D eigenvalue weighted by Crippen LogP contribution is 2.35. The Morgan fingerprint density at radius 2 is 1.77 bits per heavy atom. The van der Waals surface area contributed by atoms with Gasteiger partial charge < -0.3 is 29.8 Å². The van der Waals surface area contributed by atoms with Crippen molar-refractivity contribution >= 4 is 11.6 Å². The lowest BCUT2D eigenvalue weighted by Crippen LogP contribution is -2.56. The topological polar surface area (TPSA) is 105 Å². The first-order chi connectivity index (χ1) is 19.2. The number of hydrogen-bond donors (Lipinski definition) is 3. The molecule has 1 aliphatic carbocycles. The van der Waals surface area contributed by atoms with Gasteiger partial charge >= 0.3 is 0 Å². The molecule has 3 aliphatic rings. The number of rotatable bonds is 8. The Morgan fingerprint density at radius 3 is 2.45 bits per heavy atom. The molecule has 2 saturated heterocycles. The molecule has 218 valence electrons. The van der Waals surface area contributed by atoms with Crippen molar-refractivity contribution < 1.29 is 19.0 Å². The second-order valence-corrected chi connectivity index (χ2v) is 11.9. The van der Waals surface area contributed by atoms with Gasteiger partial charge in [-0.05, 0) is 70.7 Å². The molecule has 2 aliphatic heterocycles. The highest BCUT2D eigenvalue weighted by Gasteiger charge is 2.38. The highest BCUT2D eigenvalue weighted by molar-refractivity contribution is 5.97. The van der Waals surface area contributed by atoms with Gasteiger partial charge in [0.1, 0.15) is 11.9 Å². The van der Waals surface area contributed by atoms with Crippen molar-refractivity contribution in [3.05, 3.63) is 56.5 Å². The Hall–Kier alpha value is -2.88. The van der Waals surface area contributed by atoms with Crippen molar-refractivity contribution in [3.8, 4) is 5.75 Å². The number of carbonyl (C=O) groups is 1. The predicted octanol–water partition coefficient (Wildman–Crippen LogP) is 3.84. The van der Waals surface area contributed by atoms with E-state index in [0.29, 0.717) is 22.9 Å². The van der Waals surface area contributed by atoms with Gasteiger partial charge in [0, 0.05) is 86.3 Å². The molecule has 9 nitrogen and oxygen atoms in total. The van der Waals surface area contributed by atoms with Crippen LogP contribution in [0, 0.1) is 20.8 Å². The van der Waals surface area contributed by atoms with E-state index in [9.17, 15) is 9.59 Å². The Bertz CT molecular complexity index is 1260. The fourth-order valence-corrected chi connectivity index (χ4v) is 6.21. The van der Waals surface area contributed by atoms with Gasteiger partial charge in [-0.3, -0.25) is 14.5 Å². The number of amides is 1. The number of hydrogen-bond acceptors (Lipinski definition) is 7. The fraction of sp³-hybridized carbons (Fsp3) is 0.613. The number of nitrogens with one attached hydrogen (secondary N) is 3. The lowest BCUT2D eigenvalue weighted by molar-refractivity contribution is -0.103. The normalized spacial score (nSPS) is 25.7. The summed E-state index contributed by atoms with van der Waals surface area (Å²) in [5.74, 6) is 0.474. The molecule has 0 spiro atoms. The van der Waals surface area contributed by atoms with Crippen LogP contribution in [-0.4, -0.2) is 72.5 Å². The van der Waals surface area contributed by atoms with Crippen molar-refractivity contribution in [2.75, 3.05) is 31.6 Å². The fourth-order valence-electron chi connectivity index (χ4n) is 6.21. The Morgan fingerprint density at radius 1 is 1.07 bits per heavy atom. The van der Waals surface area contributed by atoms with Crippen LogP contribution < -0.4 is 20.9 Å². The van der Waals surface area contributed by atoms with Gasteiger partial charge in [-0.2, -0.15) is 0 Å². The molecule has 1 aromatic carbocycles. The van der Waals surface area contributed by atoms with Crippen molar-refractivity contribution in [2.45, 2.75) is 97.2 Å². The summed E-state index contributed by atoms with van der Waals surface area (Å²) in [6, 6.07) is 6.58. The summed E-state index contributed by atoms with van der Waals surface area (Å²) >= 11 is 0. The number of benzene rings is 1. The summed E-state index contributed by atoms with van der Waals surface area (Å²) in [5, 5.41) is 6.62. The van der Waals surface area contributed by atoms with E-state index in [4.69, 9.17) is 14.2 Å². The standard InChI is InChI=1S/C31H44N4O5/c1-18-10-19(2)33-31(37)28(18)15-32-30(36)27-13-26(14-29(22(27)5)34-23-6-8-38-9-7-23)40-25-11-24(12-25)35-16-20(3)39-21(4)17-35/h10,13-14,20-21,23-25,34H,6-9,11-12,15-17H2,1-5H3,(H,32,36)(H,33,37)/t20-,21+,24?,25?. The van der Waals surface area contributed by atoms with Crippen LogP contribution in [0.5, 0.6) is 5.75 Å². The molecule has 1 aromatic heterocycles. The molecule has 2 atom stereocenters. The molecule has 3 fully saturated rings. The van der Waals surface area contributed by atoms with Gasteiger partial charge in [-0.1, -0.05) is 0 Å². The quantitative estimate of drug-likeness (QED) is 0.457. The minimum atomic E-state index is -0.222. The summed E-state index contributed by atoms with van der Waals surface area (Å²) in [4.78, 5) is 31.3. The first kappa shape index (κ1) is 28.6. The van der Waals surface area contributed by atoms with Crippen LogP contribution in [-0.2, 0) is 16.0 Å². The monoisotopic (exact) mass is 552 g/mol. The maximum atomic E-state index is 13.5. The van der Waals surface area contributed by atoms with Crippen LogP contribution in [0.2, 0.25) is 0 Å². The Balaban J connectivity index is 1.30. The molecule has 3 heterocycles. The number of anilines is 1. The zero-order valence-electron chi connectivity index (χ0n) is 24.5. The van der Waals surface area contributed by atoms with Gasteiger partial charge in [0.15, 0.2) is 0 Å². The molecule has 0 unspecified atom stereocenters. The number of morpholine rings is 1. The lowest BCUT2D eigenvalue weighted by Gasteiger charge is -2.46. The van der Waals surface area contributed by atoms with E-state index in [1.807, 2.05) is 39.0 Å². The van der Waals surface area contributed by atoms with Crippen LogP contribution in [0.15, 0.2) is 23.0 Å². The van der Waals surface area contributed by atoms with Crippen LogP contribution >= 0.6 is 0 Å². The van der Waals surface area contributed by atoms with Crippen molar-refractivity contribution in [2.24, 2.45) is 0 Å². The average Bonchev–Trinajstić information content (AvgIpc) is 2.86. The first-order valence-electron chi connectivity index (χ1n) is 14.7. The summed E-state index contributed by atoms with van der Waals surface area (Å²) in [5.41, 5.74) is 4.40. The molecule has 1 saturated carbocycles. The molecular weight excluding hydrogens is 508 g/mol. The number of pyridine rings is 1. The molecule has 0 radical (unpaired) electrons. The van der Waals surface area contributed by atoms with Crippen molar-refractivity contribution in [3.63, 3.8) is 0 Å². The van der Waals surface area contributed by atoms with Gasteiger partial charge in [0.25, 0.3) is 11.5 Å². The summed E-state index contributed by atoms with van der Waals surface area (Å²) in [6.07, 6.45) is 4.38. The molecule has 2 aromatic rings. The minimum Gasteiger partial charge on any atom is -0.490 e. The number of H-pyrrole nitrogens is 1. The second-order valence-electron chi connectivity index (χ2n) is 11.9. The van der Waals surface area contributed by atoms with Gasteiger partial charge in [-0.25, -0.2) is 0 Å². The minimum absolute atomic E-state index is 0.113. The van der Waals surface area contributed by atoms with Gasteiger partial charge in [0.05, 0.1) is 12.2 Å². The number of aromatic nitrogens is 1. The van der Waals surface area contributed by atoms with Crippen molar-refractivity contribution in [1.82, 2.24) is 15.2 Å². The maximum Gasteiger partial charge on any atom is 0.253 e. The third-order valence-corrected chi connectivity index (χ3v) is 8.46. The van der Waals surface area contributed by atoms with E-state index in [1.165, 1.54) is 0 Å². The van der Waals surface area contributed by atoms with Crippen LogP contribution in [0.25, 0.3) is 0 Å². The zero-order chi connectivity index (χ0) is 28.4. The van der Waals surface area contributed by atoms with E-state index in [1.54, 1.807) is 0 Å². The SMILES string of the molecule is Cc1cc(C)c(CNC(=O)c2cc(OC3CC(N4C[C@@H](C)O[C@@H](C)C4)C3)cc(NC3CCOCC3)c2C)c(=O)[nH]1. The smallest absolute Gasteiger partial charge is 0.253 e. The van der Waals surface area contributed by atoms with Gasteiger partial charge in [-0.15, -0.1) is 0 Å². The molecule has 1 amide bonds. The van der Waals surface area contributed by atoms with E-state index >= 15 is 0 Å². The van der Waals surface area contributed by atoms with E-state index < -0.39 is 0 Å². The maximum absolute atomic E-state index is 13.5. The largest absolute Gasteiger partial charge is 0.490 e. The van der Waals surface area contributed by atoms with E-state index in [2.05, 4.69) is 34.4 Å². The van der Waals surface area contributed by atoms with Crippen LogP contribution in [0.4, 0.5) is 5.69 Å². The van der Waals surface area contributed by atoms with Gasteiger partial charge in [0.2, 0.25) is 0 Å². The molecule has 3 N–H and O–H groups in total. The second kappa shape index (κ2) is 12.3. The lowest BCUT2D eigenvalue weighted by atomic mass is 9.87. The number of aryl methyl sites for hydroxylation is 2. The van der Waals surface area contributed by atoms with E-state index in [0.717, 1.165) is 74.5 Å². The van der Waals surface area contributed by atoms with Crippen LogP contribution in [0.3, 0.4) is 0 Å². The molecule has 9 heteroatoms. The first-order valence-corrected chi connectivity index (χ1v) is 14.7. The van der Waals surface area contributed by atoms with Crippen molar-refractivity contribution in [1.29, 1.82) is 0 Å². The summed E-state index contributed by atoms with van der Waals surface area (Å²) in [6.45, 7) is 13.5. The van der Waals surface area contributed by atoms with Crippen LogP contribution in [0.1, 0.15) is 72.3 Å². The highest BCUT2D eigenvalue weighted by atomic mass is 16.5. The third-order valence-electron chi connectivity index (χ3n) is 8.46. The van der Waals surface area contributed by atoms with E-state index in [-0.39, 0.29) is 42.4 Å². The number of ether oxygens (including phenoxy) is 3. The third kappa shape index (κ3) is 6.70. The molecule has 40 heavy (non-hydrogen) atoms. The Labute approximate surface area is 237 Å². The predicted molar refractivity (Wildman–Crippen MR) is 155 cm³/mol. The summed E-state index contributed by atoms with van der Waals surface area (Å²) in [7, 11) is 0. The molecule has 0 bridgehead atoms. The average molecular weight is 553 g/mol. The molecule has 5 rings (SSSR count). The Kier molecular flexibility index (Phi) is 8.83. The number of carbonyl (C=O) groups excluding carboxylic acids is 1. The summed E-state index contributed by atoms with van der Waals surface area (Å²) < 4.78 is 17.9.